The maximum Gasteiger partial charge on any atom is 0.215 e. The van der Waals surface area contributed by atoms with Gasteiger partial charge in [0.2, 0.25) is 6.41 Å². The Hall–Kier alpha value is -3.60. The van der Waals surface area contributed by atoms with Crippen molar-refractivity contribution in [3.8, 4) is 11.1 Å². The Bertz CT molecular complexity index is 1130. The summed E-state index contributed by atoms with van der Waals surface area (Å²) in [7, 11) is 0. The summed E-state index contributed by atoms with van der Waals surface area (Å²) < 4.78 is 0. The van der Waals surface area contributed by atoms with E-state index in [0.29, 0.717) is 5.82 Å². The van der Waals surface area contributed by atoms with Gasteiger partial charge in [0.05, 0.1) is 0 Å². The molecule has 1 saturated carbocycles. The summed E-state index contributed by atoms with van der Waals surface area (Å²) in [5.74, 6) is 0.707. The Kier molecular flexibility index (Phi) is 4.48. The van der Waals surface area contributed by atoms with Crippen molar-refractivity contribution in [2.45, 2.75) is 25.4 Å². The van der Waals surface area contributed by atoms with E-state index in [9.17, 15) is 4.79 Å². The van der Waals surface area contributed by atoms with Crippen LogP contribution in [0.3, 0.4) is 0 Å². The van der Waals surface area contributed by atoms with Crippen LogP contribution >= 0.6 is 0 Å². The Morgan fingerprint density at radius 3 is 2.59 bits per heavy atom. The molecule has 2 heterocycles. The van der Waals surface area contributed by atoms with Gasteiger partial charge in [-0.3, -0.25) is 9.69 Å². The van der Waals surface area contributed by atoms with Crippen LogP contribution in [0, 0.1) is 0 Å². The summed E-state index contributed by atoms with van der Waals surface area (Å²) in [4.78, 5) is 21.2. The summed E-state index contributed by atoms with van der Waals surface area (Å²) in [5, 5.41) is 4.52. The van der Waals surface area contributed by atoms with Crippen molar-refractivity contribution < 1.29 is 4.79 Å². The maximum atomic E-state index is 11.6. The third kappa shape index (κ3) is 3.59. The van der Waals surface area contributed by atoms with E-state index in [4.69, 9.17) is 0 Å². The number of benzene rings is 2. The zero-order valence-corrected chi connectivity index (χ0v) is 16.0. The molecule has 0 spiro atoms. The standard InChI is InChI=1S/C24H22N4O/c29-16-28(20-10-11-20)23-14-22(21-12-13-25-24(21)27-23)18-6-8-19(9-7-18)26-15-17-4-2-1-3-5-17/h1-9,12-14,16,20,26H,10-11,15H2,(H,25,27). The van der Waals surface area contributed by atoms with Gasteiger partial charge in [0.25, 0.3) is 0 Å². The number of carbonyl (C=O) groups is 1. The molecule has 0 radical (unpaired) electrons. The quantitative estimate of drug-likeness (QED) is 0.444. The Morgan fingerprint density at radius 1 is 1.07 bits per heavy atom. The topological polar surface area (TPSA) is 61.0 Å². The largest absolute Gasteiger partial charge is 0.381 e. The highest BCUT2D eigenvalue weighted by Crippen LogP contribution is 2.35. The third-order valence-electron chi connectivity index (χ3n) is 5.37. The molecule has 0 unspecified atom stereocenters. The van der Waals surface area contributed by atoms with Gasteiger partial charge in [-0.05, 0) is 53.8 Å². The Balaban J connectivity index is 1.44. The fourth-order valence-corrected chi connectivity index (χ4v) is 3.64. The summed E-state index contributed by atoms with van der Waals surface area (Å²) in [5.41, 5.74) is 5.30. The number of nitrogens with one attached hydrogen (secondary N) is 2. The highest BCUT2D eigenvalue weighted by Gasteiger charge is 2.30. The van der Waals surface area contributed by atoms with Crippen LogP contribution < -0.4 is 10.2 Å². The van der Waals surface area contributed by atoms with Gasteiger partial charge < -0.3 is 10.3 Å². The number of H-pyrrole nitrogens is 1. The number of rotatable bonds is 7. The molecule has 5 rings (SSSR count). The molecule has 0 bridgehead atoms. The summed E-state index contributed by atoms with van der Waals surface area (Å²) in [6, 6.07) is 23.1. The van der Waals surface area contributed by atoms with E-state index in [1.54, 1.807) is 4.90 Å². The molecule has 1 aliphatic rings. The fourth-order valence-electron chi connectivity index (χ4n) is 3.64. The predicted octanol–water partition coefficient (Wildman–Crippen LogP) is 4.97. The van der Waals surface area contributed by atoms with Crippen molar-refractivity contribution in [3.05, 3.63) is 78.5 Å². The molecule has 2 aromatic carbocycles. The van der Waals surface area contributed by atoms with Crippen LogP contribution in [-0.4, -0.2) is 22.4 Å². The van der Waals surface area contributed by atoms with Crippen LogP contribution in [0.4, 0.5) is 11.5 Å². The second kappa shape index (κ2) is 7.43. The van der Waals surface area contributed by atoms with E-state index >= 15 is 0 Å². The molecule has 29 heavy (non-hydrogen) atoms. The molecule has 5 nitrogen and oxygen atoms in total. The smallest absolute Gasteiger partial charge is 0.215 e. The van der Waals surface area contributed by atoms with E-state index in [-0.39, 0.29) is 6.04 Å². The van der Waals surface area contributed by atoms with Crippen LogP contribution in [0.25, 0.3) is 22.2 Å². The predicted molar refractivity (Wildman–Crippen MR) is 117 cm³/mol. The SMILES string of the molecule is O=CN(c1cc(-c2ccc(NCc3ccccc3)cc2)c2cc[nH]c2n1)C1CC1. The van der Waals surface area contributed by atoms with Crippen LogP contribution in [-0.2, 0) is 11.3 Å². The highest BCUT2D eigenvalue weighted by molar-refractivity contribution is 5.96. The van der Waals surface area contributed by atoms with Crippen molar-refractivity contribution >= 4 is 28.9 Å². The van der Waals surface area contributed by atoms with Gasteiger partial charge >= 0.3 is 0 Å². The lowest BCUT2D eigenvalue weighted by Crippen LogP contribution is -2.24. The van der Waals surface area contributed by atoms with Crippen molar-refractivity contribution in [1.29, 1.82) is 0 Å². The molecule has 2 N–H and O–H groups in total. The normalized spacial score (nSPS) is 13.4. The van der Waals surface area contributed by atoms with Gasteiger partial charge in [-0.15, -0.1) is 0 Å². The minimum atomic E-state index is 0.282. The number of hydrogen-bond acceptors (Lipinski definition) is 3. The zero-order valence-electron chi connectivity index (χ0n) is 16.0. The van der Waals surface area contributed by atoms with Gasteiger partial charge in [0.1, 0.15) is 11.5 Å². The number of hydrogen-bond donors (Lipinski definition) is 2. The van der Waals surface area contributed by atoms with Gasteiger partial charge in [0.15, 0.2) is 0 Å². The first-order valence-electron chi connectivity index (χ1n) is 9.92. The number of aromatic amines is 1. The first-order valence-corrected chi connectivity index (χ1v) is 9.92. The van der Waals surface area contributed by atoms with Crippen molar-refractivity contribution in [2.75, 3.05) is 10.2 Å². The summed E-state index contributed by atoms with van der Waals surface area (Å²) >= 11 is 0. The minimum absolute atomic E-state index is 0.282. The highest BCUT2D eigenvalue weighted by atomic mass is 16.1. The van der Waals surface area contributed by atoms with Crippen LogP contribution in [0.1, 0.15) is 18.4 Å². The van der Waals surface area contributed by atoms with Crippen molar-refractivity contribution in [3.63, 3.8) is 0 Å². The minimum Gasteiger partial charge on any atom is -0.381 e. The number of carbonyl (C=O) groups excluding carboxylic acids is 1. The Labute approximate surface area is 169 Å². The van der Waals surface area contributed by atoms with Crippen LogP contribution in [0.2, 0.25) is 0 Å². The first kappa shape index (κ1) is 17.5. The molecule has 0 saturated heterocycles. The number of nitrogens with zero attached hydrogens (tertiary/aromatic N) is 2. The molecule has 2 aromatic heterocycles. The number of aromatic nitrogens is 2. The van der Waals surface area contributed by atoms with E-state index in [1.807, 2.05) is 36.5 Å². The van der Waals surface area contributed by atoms with E-state index in [0.717, 1.165) is 53.6 Å². The second-order valence-corrected chi connectivity index (χ2v) is 7.43. The van der Waals surface area contributed by atoms with E-state index < -0.39 is 0 Å². The van der Waals surface area contributed by atoms with Crippen molar-refractivity contribution in [1.82, 2.24) is 9.97 Å². The number of pyridine rings is 1. The zero-order chi connectivity index (χ0) is 19.6. The molecule has 1 fully saturated rings. The number of anilines is 2. The average Bonchev–Trinajstić information content (AvgIpc) is 3.49. The van der Waals surface area contributed by atoms with Crippen LogP contribution in [0.5, 0.6) is 0 Å². The molecule has 144 valence electrons. The monoisotopic (exact) mass is 382 g/mol. The lowest BCUT2D eigenvalue weighted by Gasteiger charge is -2.17. The molecule has 1 aliphatic carbocycles. The van der Waals surface area contributed by atoms with Gasteiger partial charge in [-0.1, -0.05) is 42.5 Å². The molecular weight excluding hydrogens is 360 g/mol. The summed E-state index contributed by atoms with van der Waals surface area (Å²) in [6.07, 6.45) is 4.87. The first-order chi connectivity index (χ1) is 14.3. The van der Waals surface area contributed by atoms with Gasteiger partial charge in [-0.2, -0.15) is 0 Å². The number of fused-ring (bicyclic) bond motifs is 1. The molecule has 1 amide bonds. The van der Waals surface area contributed by atoms with Crippen LogP contribution in [0.15, 0.2) is 72.9 Å². The Morgan fingerprint density at radius 2 is 1.86 bits per heavy atom. The fraction of sp³-hybridized carbons (Fsp3) is 0.167. The molecular formula is C24H22N4O. The molecule has 0 aliphatic heterocycles. The lowest BCUT2D eigenvalue weighted by molar-refractivity contribution is -0.107. The maximum absolute atomic E-state index is 11.6. The molecule has 4 aromatic rings. The summed E-state index contributed by atoms with van der Waals surface area (Å²) in [6.45, 7) is 0.789. The van der Waals surface area contributed by atoms with E-state index in [1.165, 1.54) is 5.56 Å². The number of amides is 1. The average molecular weight is 382 g/mol. The van der Waals surface area contributed by atoms with Gasteiger partial charge in [0, 0.05) is 29.9 Å². The second-order valence-electron chi connectivity index (χ2n) is 7.43. The van der Waals surface area contributed by atoms with Gasteiger partial charge in [-0.25, -0.2) is 4.98 Å². The van der Waals surface area contributed by atoms with E-state index in [2.05, 4.69) is 51.7 Å². The molecule has 0 atom stereocenters. The third-order valence-corrected chi connectivity index (χ3v) is 5.37. The molecule has 5 heteroatoms. The van der Waals surface area contributed by atoms with Crippen molar-refractivity contribution in [2.24, 2.45) is 0 Å². The lowest BCUT2D eigenvalue weighted by atomic mass is 10.0.